The van der Waals surface area contributed by atoms with Gasteiger partial charge in [0.1, 0.15) is 4.60 Å². The zero-order chi connectivity index (χ0) is 15.5. The summed E-state index contributed by atoms with van der Waals surface area (Å²) < 4.78 is 2.96. The van der Waals surface area contributed by atoms with Crippen LogP contribution in [0.5, 0.6) is 0 Å². The van der Waals surface area contributed by atoms with Crippen LogP contribution >= 0.6 is 31.9 Å². The second kappa shape index (κ2) is 6.45. The molecular weight excluding hydrogens is 414 g/mol. The maximum Gasteiger partial charge on any atom is 0.278 e. The number of amides is 1. The molecule has 0 saturated heterocycles. The van der Waals surface area contributed by atoms with Crippen LogP contribution in [0.4, 0.5) is 5.82 Å². The number of anilines is 1. The lowest BCUT2D eigenvalue weighted by Gasteiger charge is -2.02. The first-order chi connectivity index (χ1) is 10.6. The lowest BCUT2D eigenvalue weighted by atomic mass is 10.2. The maximum atomic E-state index is 12.1. The number of nitrogens with one attached hydrogen (secondary N) is 2. The summed E-state index contributed by atoms with van der Waals surface area (Å²) in [7, 11) is 0. The fourth-order valence-corrected chi connectivity index (χ4v) is 2.55. The van der Waals surface area contributed by atoms with E-state index in [9.17, 15) is 4.79 Å². The minimum Gasteiger partial charge on any atom is -0.304 e. The van der Waals surface area contributed by atoms with Crippen molar-refractivity contribution in [3.63, 3.8) is 0 Å². The van der Waals surface area contributed by atoms with Crippen molar-refractivity contribution in [1.82, 2.24) is 20.0 Å². The Hall–Kier alpha value is -1.93. The minimum absolute atomic E-state index is 0.268. The first-order valence-corrected chi connectivity index (χ1v) is 8.00. The molecular formula is C14H11Br2N5O. The van der Waals surface area contributed by atoms with E-state index in [2.05, 4.69) is 52.5 Å². The van der Waals surface area contributed by atoms with Gasteiger partial charge < -0.3 is 5.32 Å². The highest BCUT2D eigenvalue weighted by atomic mass is 79.9. The number of carbonyl (C=O) groups is 1. The van der Waals surface area contributed by atoms with Crippen LogP contribution in [0.15, 0.2) is 51.7 Å². The monoisotopic (exact) mass is 423 g/mol. The predicted molar refractivity (Wildman–Crippen MR) is 89.7 cm³/mol. The summed E-state index contributed by atoms with van der Waals surface area (Å²) in [6.07, 6.45) is 1.82. The molecule has 0 saturated carbocycles. The number of aromatic amines is 1. The van der Waals surface area contributed by atoms with E-state index in [1.807, 2.05) is 36.5 Å². The highest BCUT2D eigenvalue weighted by molar-refractivity contribution is 9.13. The Kier molecular flexibility index (Phi) is 4.39. The lowest BCUT2D eigenvalue weighted by molar-refractivity contribution is 0.102. The van der Waals surface area contributed by atoms with Gasteiger partial charge in [-0.2, -0.15) is 10.2 Å². The van der Waals surface area contributed by atoms with Crippen molar-refractivity contribution in [2.24, 2.45) is 0 Å². The Morgan fingerprint density at radius 1 is 1.23 bits per heavy atom. The van der Waals surface area contributed by atoms with Gasteiger partial charge in [-0.05, 0) is 37.4 Å². The molecule has 6 nitrogen and oxygen atoms in total. The van der Waals surface area contributed by atoms with Crippen molar-refractivity contribution in [3.05, 3.63) is 62.9 Å². The molecule has 3 rings (SSSR count). The van der Waals surface area contributed by atoms with E-state index in [0.29, 0.717) is 21.4 Å². The quantitative estimate of drug-likeness (QED) is 0.673. The Bertz CT molecular complexity index is 797. The van der Waals surface area contributed by atoms with E-state index in [-0.39, 0.29) is 11.6 Å². The molecule has 0 spiro atoms. The summed E-state index contributed by atoms with van der Waals surface area (Å²) in [6, 6.07) is 11.7. The summed E-state index contributed by atoms with van der Waals surface area (Å²) in [4.78, 5) is 12.1. The molecule has 0 aliphatic carbocycles. The van der Waals surface area contributed by atoms with E-state index in [4.69, 9.17) is 0 Å². The van der Waals surface area contributed by atoms with Crippen LogP contribution < -0.4 is 5.32 Å². The molecule has 22 heavy (non-hydrogen) atoms. The standard InChI is InChI=1S/C14H11Br2N5O/c15-11-12(18-19-13(11)16)14(22)17-10-6-7-21(20-10)8-9-4-2-1-3-5-9/h1-7H,8H2,(H,18,19)(H,17,20,22). The Labute approximate surface area is 143 Å². The van der Waals surface area contributed by atoms with E-state index in [0.717, 1.165) is 5.56 Å². The summed E-state index contributed by atoms with van der Waals surface area (Å²) in [5, 5.41) is 13.6. The van der Waals surface area contributed by atoms with E-state index in [1.54, 1.807) is 10.7 Å². The summed E-state index contributed by atoms with van der Waals surface area (Å²) >= 11 is 6.53. The van der Waals surface area contributed by atoms with E-state index < -0.39 is 0 Å². The normalized spacial score (nSPS) is 10.6. The molecule has 2 heterocycles. The van der Waals surface area contributed by atoms with Crippen molar-refractivity contribution in [1.29, 1.82) is 0 Å². The Morgan fingerprint density at radius 3 is 2.68 bits per heavy atom. The van der Waals surface area contributed by atoms with Gasteiger partial charge in [-0.25, -0.2) is 0 Å². The van der Waals surface area contributed by atoms with Crippen LogP contribution in [0, 0.1) is 0 Å². The fraction of sp³-hybridized carbons (Fsp3) is 0.0714. The fourth-order valence-electron chi connectivity index (χ4n) is 1.92. The van der Waals surface area contributed by atoms with Crippen LogP contribution in [0.3, 0.4) is 0 Å². The highest BCUT2D eigenvalue weighted by Gasteiger charge is 2.17. The van der Waals surface area contributed by atoms with Crippen molar-refractivity contribution >= 4 is 43.6 Å². The van der Waals surface area contributed by atoms with Gasteiger partial charge in [0.15, 0.2) is 11.5 Å². The number of benzene rings is 1. The highest BCUT2D eigenvalue weighted by Crippen LogP contribution is 2.24. The largest absolute Gasteiger partial charge is 0.304 e. The molecule has 0 fully saturated rings. The molecule has 0 radical (unpaired) electrons. The Balaban J connectivity index is 1.69. The second-order valence-electron chi connectivity index (χ2n) is 4.54. The average Bonchev–Trinajstić information content (AvgIpc) is 3.08. The van der Waals surface area contributed by atoms with Gasteiger partial charge in [0.2, 0.25) is 0 Å². The molecule has 112 valence electrons. The van der Waals surface area contributed by atoms with Gasteiger partial charge in [0.25, 0.3) is 5.91 Å². The van der Waals surface area contributed by atoms with Crippen molar-refractivity contribution in [3.8, 4) is 0 Å². The molecule has 1 amide bonds. The van der Waals surface area contributed by atoms with Gasteiger partial charge in [0, 0.05) is 12.3 Å². The van der Waals surface area contributed by atoms with Crippen molar-refractivity contribution in [2.45, 2.75) is 6.54 Å². The second-order valence-corrected chi connectivity index (χ2v) is 6.12. The zero-order valence-electron chi connectivity index (χ0n) is 11.3. The van der Waals surface area contributed by atoms with Gasteiger partial charge in [-0.3, -0.25) is 14.6 Å². The van der Waals surface area contributed by atoms with Crippen molar-refractivity contribution in [2.75, 3.05) is 5.32 Å². The molecule has 2 N–H and O–H groups in total. The van der Waals surface area contributed by atoms with Crippen LogP contribution in [-0.2, 0) is 6.54 Å². The maximum absolute atomic E-state index is 12.1. The minimum atomic E-state index is -0.334. The van der Waals surface area contributed by atoms with Gasteiger partial charge in [0.05, 0.1) is 11.0 Å². The smallest absolute Gasteiger partial charge is 0.278 e. The Morgan fingerprint density at radius 2 is 2.00 bits per heavy atom. The number of hydrogen-bond donors (Lipinski definition) is 2. The van der Waals surface area contributed by atoms with Gasteiger partial charge in [-0.1, -0.05) is 30.3 Å². The molecule has 0 atom stereocenters. The summed E-state index contributed by atoms with van der Waals surface area (Å²) in [5.74, 6) is 0.144. The third kappa shape index (κ3) is 3.28. The number of rotatable bonds is 4. The summed E-state index contributed by atoms with van der Waals surface area (Å²) in [6.45, 7) is 0.647. The first kappa shape index (κ1) is 15.0. The molecule has 8 heteroatoms. The van der Waals surface area contributed by atoms with Gasteiger partial charge >= 0.3 is 0 Å². The van der Waals surface area contributed by atoms with Gasteiger partial charge in [-0.15, -0.1) is 0 Å². The van der Waals surface area contributed by atoms with E-state index >= 15 is 0 Å². The number of aromatic nitrogens is 4. The molecule has 0 bridgehead atoms. The molecule has 0 aliphatic heterocycles. The third-order valence-corrected chi connectivity index (χ3v) is 4.83. The predicted octanol–water partition coefficient (Wildman–Crippen LogP) is 3.43. The van der Waals surface area contributed by atoms with E-state index in [1.165, 1.54) is 0 Å². The lowest BCUT2D eigenvalue weighted by Crippen LogP contribution is -2.14. The number of carbonyl (C=O) groups excluding carboxylic acids is 1. The molecule has 0 aliphatic rings. The molecule has 2 aromatic heterocycles. The molecule has 3 aromatic rings. The van der Waals surface area contributed by atoms with Crippen LogP contribution in [0.1, 0.15) is 16.1 Å². The van der Waals surface area contributed by atoms with Crippen molar-refractivity contribution < 1.29 is 4.79 Å². The number of halogens is 2. The summed E-state index contributed by atoms with van der Waals surface area (Å²) in [5.41, 5.74) is 1.41. The third-order valence-electron chi connectivity index (χ3n) is 2.95. The first-order valence-electron chi connectivity index (χ1n) is 6.41. The van der Waals surface area contributed by atoms with Crippen LogP contribution in [-0.4, -0.2) is 25.9 Å². The topological polar surface area (TPSA) is 75.6 Å². The molecule has 0 unspecified atom stereocenters. The number of H-pyrrole nitrogens is 1. The van der Waals surface area contributed by atoms with Crippen LogP contribution in [0.2, 0.25) is 0 Å². The zero-order valence-corrected chi connectivity index (χ0v) is 14.4. The number of nitrogens with zero attached hydrogens (tertiary/aromatic N) is 3. The molecule has 1 aromatic carbocycles. The SMILES string of the molecule is O=C(Nc1ccn(Cc2ccccc2)n1)c1n[nH]c(Br)c1Br. The van der Waals surface area contributed by atoms with Crippen LogP contribution in [0.25, 0.3) is 0 Å². The average molecular weight is 425 g/mol. The number of hydrogen-bond acceptors (Lipinski definition) is 3.